The summed E-state index contributed by atoms with van der Waals surface area (Å²) in [6.45, 7) is 5.26. The maximum absolute atomic E-state index is 11.6. The number of hydrogen-bond acceptors (Lipinski definition) is 6. The van der Waals surface area contributed by atoms with E-state index >= 15 is 0 Å². The van der Waals surface area contributed by atoms with Crippen LogP contribution in [-0.2, 0) is 29.1 Å². The first-order chi connectivity index (χ1) is 20.7. The summed E-state index contributed by atoms with van der Waals surface area (Å²) in [5, 5.41) is 0. The zero-order valence-corrected chi connectivity index (χ0v) is 27.8. The minimum atomic E-state index is -0.732. The minimum Gasteiger partial charge on any atom is -0.294 e. The molecule has 0 spiro atoms. The molecule has 0 aliphatic rings. The van der Waals surface area contributed by atoms with Crippen LogP contribution in [0.3, 0.4) is 0 Å². The second-order valence-electron chi connectivity index (χ2n) is 12.0. The summed E-state index contributed by atoms with van der Waals surface area (Å²) < 4.78 is 0. The number of carbonyl (C=O) groups is 2. The second-order valence-corrected chi connectivity index (χ2v) is 12.0. The van der Waals surface area contributed by atoms with Crippen molar-refractivity contribution in [2.75, 3.05) is 13.2 Å². The number of unbranched alkanes of at least 4 members (excludes halogenated alkanes) is 26. The molecule has 0 unspecified atom stereocenters. The molecule has 0 saturated carbocycles. The predicted octanol–water partition coefficient (Wildman–Crippen LogP) is 11.5. The first-order valence-electron chi connectivity index (χ1n) is 18.1. The van der Waals surface area contributed by atoms with E-state index < -0.39 is 11.9 Å². The molecule has 0 aromatic heterocycles. The van der Waals surface area contributed by atoms with Crippen LogP contribution in [0.1, 0.15) is 194 Å². The van der Waals surface area contributed by atoms with Gasteiger partial charge in [0.15, 0.2) is 0 Å². The van der Waals surface area contributed by atoms with Crippen LogP contribution >= 0.6 is 0 Å². The van der Waals surface area contributed by atoms with Gasteiger partial charge in [0.25, 0.3) is 0 Å². The van der Waals surface area contributed by atoms with Gasteiger partial charge < -0.3 is 0 Å². The van der Waals surface area contributed by atoms with E-state index in [1.54, 1.807) is 0 Å². The van der Waals surface area contributed by atoms with Gasteiger partial charge in [0.1, 0.15) is 0 Å². The molecule has 0 amide bonds. The highest BCUT2D eigenvalue weighted by atomic mass is 17.2. The monoisotopic (exact) mass is 597 g/mol. The summed E-state index contributed by atoms with van der Waals surface area (Å²) in [5.41, 5.74) is 0. The first-order valence-corrected chi connectivity index (χ1v) is 18.1. The lowest BCUT2D eigenvalue weighted by Crippen LogP contribution is -2.07. The summed E-state index contributed by atoms with van der Waals surface area (Å²) in [6, 6.07) is 0. The lowest BCUT2D eigenvalue weighted by molar-refractivity contribution is -0.269. The maximum atomic E-state index is 11.6. The standard InChI is InChI=1S/C36H68O6/c1-3-5-7-9-11-13-15-17-19-21-23-25-27-29-33-39-41-35(37)31-32-36(38)42-40-34-30-28-26-24-22-20-18-16-14-12-10-8-6-4-2/h31-32H,3-30,33-34H2,1-2H3/b32-31-. The lowest BCUT2D eigenvalue weighted by Gasteiger charge is -2.04. The molecule has 0 aromatic carbocycles. The van der Waals surface area contributed by atoms with E-state index in [0.29, 0.717) is 13.2 Å². The first kappa shape index (κ1) is 40.6. The molecular weight excluding hydrogens is 528 g/mol. The molecule has 0 atom stereocenters. The van der Waals surface area contributed by atoms with E-state index in [0.717, 1.165) is 37.8 Å². The van der Waals surface area contributed by atoms with Crippen molar-refractivity contribution in [3.8, 4) is 0 Å². The molecule has 0 aliphatic heterocycles. The molecule has 0 heterocycles. The van der Waals surface area contributed by atoms with Crippen LogP contribution in [0, 0.1) is 0 Å². The van der Waals surface area contributed by atoms with Crippen LogP contribution in [-0.4, -0.2) is 25.2 Å². The van der Waals surface area contributed by atoms with Gasteiger partial charge in [-0.25, -0.2) is 9.59 Å². The fraction of sp³-hybridized carbons (Fsp3) is 0.889. The molecule has 0 rings (SSSR count). The Morgan fingerprint density at radius 2 is 0.571 bits per heavy atom. The zero-order valence-electron chi connectivity index (χ0n) is 27.8. The molecule has 42 heavy (non-hydrogen) atoms. The van der Waals surface area contributed by atoms with E-state index in [2.05, 4.69) is 23.6 Å². The molecular formula is C36H68O6. The largest absolute Gasteiger partial charge is 0.366 e. The Labute approximate surface area is 259 Å². The molecule has 6 nitrogen and oxygen atoms in total. The molecule has 0 bridgehead atoms. The molecule has 0 aliphatic carbocycles. The molecule has 0 saturated heterocycles. The van der Waals surface area contributed by atoms with Gasteiger partial charge in [0.2, 0.25) is 0 Å². The van der Waals surface area contributed by atoms with Crippen molar-refractivity contribution in [3.05, 3.63) is 12.2 Å². The normalized spacial score (nSPS) is 11.4. The molecule has 0 aromatic rings. The average Bonchev–Trinajstić information content (AvgIpc) is 2.99. The van der Waals surface area contributed by atoms with Crippen LogP contribution < -0.4 is 0 Å². The average molecular weight is 597 g/mol. The van der Waals surface area contributed by atoms with Gasteiger partial charge in [-0.15, -0.1) is 0 Å². The Balaban J connectivity index is 3.33. The van der Waals surface area contributed by atoms with Crippen molar-refractivity contribution in [3.63, 3.8) is 0 Å². The van der Waals surface area contributed by atoms with Crippen LogP contribution in [0.2, 0.25) is 0 Å². The Morgan fingerprint density at radius 3 is 0.810 bits per heavy atom. The number of carbonyl (C=O) groups excluding carboxylic acids is 2. The number of hydrogen-bond donors (Lipinski definition) is 0. The lowest BCUT2D eigenvalue weighted by atomic mass is 10.0. The van der Waals surface area contributed by atoms with Crippen molar-refractivity contribution >= 4 is 11.9 Å². The van der Waals surface area contributed by atoms with Crippen molar-refractivity contribution < 1.29 is 29.1 Å². The highest BCUT2D eigenvalue weighted by Gasteiger charge is 2.03. The van der Waals surface area contributed by atoms with Gasteiger partial charge in [-0.2, -0.15) is 9.78 Å². The van der Waals surface area contributed by atoms with Gasteiger partial charge in [-0.1, -0.05) is 181 Å². The third-order valence-corrected chi connectivity index (χ3v) is 7.80. The second kappa shape index (κ2) is 35.8. The Bertz CT molecular complexity index is 541. The third kappa shape index (κ3) is 34.8. The summed E-state index contributed by atoms with van der Waals surface area (Å²) in [5.74, 6) is -1.46. The van der Waals surface area contributed by atoms with Crippen molar-refractivity contribution in [1.82, 2.24) is 0 Å². The number of rotatable bonds is 34. The highest BCUT2D eigenvalue weighted by Crippen LogP contribution is 2.14. The zero-order chi connectivity index (χ0) is 30.6. The van der Waals surface area contributed by atoms with Crippen LogP contribution in [0.15, 0.2) is 12.2 Å². The van der Waals surface area contributed by atoms with Crippen molar-refractivity contribution in [1.29, 1.82) is 0 Å². The van der Waals surface area contributed by atoms with Crippen molar-refractivity contribution in [2.24, 2.45) is 0 Å². The minimum absolute atomic E-state index is 0.365. The third-order valence-electron chi connectivity index (χ3n) is 7.80. The summed E-state index contributed by atoms with van der Waals surface area (Å²) >= 11 is 0. The highest BCUT2D eigenvalue weighted by molar-refractivity contribution is 5.91. The van der Waals surface area contributed by atoms with E-state index in [4.69, 9.17) is 9.78 Å². The van der Waals surface area contributed by atoms with E-state index in [1.807, 2.05) is 0 Å². The van der Waals surface area contributed by atoms with Gasteiger partial charge in [-0.05, 0) is 12.8 Å². The fourth-order valence-corrected chi connectivity index (χ4v) is 5.10. The summed E-state index contributed by atoms with van der Waals surface area (Å²) in [4.78, 5) is 42.5. The Morgan fingerprint density at radius 1 is 0.357 bits per heavy atom. The van der Waals surface area contributed by atoms with Gasteiger partial charge in [0, 0.05) is 12.2 Å². The summed E-state index contributed by atoms with van der Waals surface area (Å²) in [7, 11) is 0. The topological polar surface area (TPSA) is 71.1 Å². The van der Waals surface area contributed by atoms with Crippen LogP contribution in [0.5, 0.6) is 0 Å². The maximum Gasteiger partial charge on any atom is 0.366 e. The molecule has 6 heteroatoms. The van der Waals surface area contributed by atoms with Gasteiger partial charge in [0.05, 0.1) is 13.2 Å². The molecule has 0 N–H and O–H groups in total. The van der Waals surface area contributed by atoms with Gasteiger partial charge >= 0.3 is 11.9 Å². The smallest absolute Gasteiger partial charge is 0.294 e. The van der Waals surface area contributed by atoms with Crippen LogP contribution in [0.25, 0.3) is 0 Å². The van der Waals surface area contributed by atoms with Gasteiger partial charge in [-0.3, -0.25) is 9.78 Å². The Hall–Kier alpha value is -1.40. The predicted molar refractivity (Wildman–Crippen MR) is 174 cm³/mol. The molecule has 0 fully saturated rings. The van der Waals surface area contributed by atoms with E-state index in [9.17, 15) is 9.59 Å². The van der Waals surface area contributed by atoms with E-state index in [-0.39, 0.29) is 0 Å². The quantitative estimate of drug-likeness (QED) is 0.0318. The summed E-state index contributed by atoms with van der Waals surface area (Å²) in [6.07, 6.45) is 38.0. The molecule has 0 radical (unpaired) electrons. The Kier molecular flexibility index (Phi) is 34.6. The SMILES string of the molecule is CCCCCCCCCCCCCCCCOOC(=O)/C=C\C(=O)OOCCCCCCCCCCCCCCCC. The molecule has 248 valence electrons. The van der Waals surface area contributed by atoms with E-state index in [1.165, 1.54) is 154 Å². The van der Waals surface area contributed by atoms with Crippen molar-refractivity contribution in [2.45, 2.75) is 194 Å². The van der Waals surface area contributed by atoms with Crippen LogP contribution in [0.4, 0.5) is 0 Å². The fourth-order valence-electron chi connectivity index (χ4n) is 5.10.